The second kappa shape index (κ2) is 6.70. The van der Waals surface area contributed by atoms with Crippen LogP contribution in [0.4, 0.5) is 0 Å². The van der Waals surface area contributed by atoms with Gasteiger partial charge in [-0.15, -0.1) is 0 Å². The Bertz CT molecular complexity index is 404. The van der Waals surface area contributed by atoms with Crippen molar-refractivity contribution in [1.82, 2.24) is 15.2 Å². The molecule has 1 aromatic rings. The van der Waals surface area contributed by atoms with E-state index in [1.807, 2.05) is 0 Å². The molecule has 114 valence electrons. The zero-order valence-electron chi connectivity index (χ0n) is 12.9. The Hall–Kier alpha value is -0.910. The van der Waals surface area contributed by atoms with Gasteiger partial charge >= 0.3 is 0 Å². The molecule has 5 nitrogen and oxygen atoms in total. The quantitative estimate of drug-likeness (QED) is 0.619. The molecule has 0 amide bonds. The lowest BCUT2D eigenvalue weighted by molar-refractivity contribution is -0.0144. The third kappa shape index (κ3) is 4.58. The number of hydrazine groups is 1. The van der Waals surface area contributed by atoms with Gasteiger partial charge in [0, 0.05) is 12.6 Å². The monoisotopic (exact) mass is 280 g/mol. The van der Waals surface area contributed by atoms with E-state index < -0.39 is 0 Å². The molecule has 20 heavy (non-hydrogen) atoms. The van der Waals surface area contributed by atoms with Gasteiger partial charge in [0.15, 0.2) is 0 Å². The summed E-state index contributed by atoms with van der Waals surface area (Å²) in [5.74, 6) is 5.61. The maximum atomic E-state index is 5.78. The van der Waals surface area contributed by atoms with Gasteiger partial charge in [0.05, 0.1) is 30.0 Å². The highest BCUT2D eigenvalue weighted by Gasteiger charge is 2.19. The first-order valence-electron chi connectivity index (χ1n) is 7.62. The second-order valence-electron chi connectivity index (χ2n) is 6.72. The summed E-state index contributed by atoms with van der Waals surface area (Å²) >= 11 is 0. The largest absolute Gasteiger partial charge is 0.374 e. The van der Waals surface area contributed by atoms with Crippen LogP contribution in [0.15, 0.2) is 12.3 Å². The molecule has 0 aliphatic heterocycles. The van der Waals surface area contributed by atoms with Crippen LogP contribution in [0.2, 0.25) is 0 Å². The molecule has 0 radical (unpaired) electrons. The Balaban J connectivity index is 1.87. The van der Waals surface area contributed by atoms with Crippen LogP contribution in [0, 0.1) is 0 Å². The lowest BCUT2D eigenvalue weighted by Gasteiger charge is -2.23. The van der Waals surface area contributed by atoms with Gasteiger partial charge in [-0.3, -0.25) is 16.0 Å². The van der Waals surface area contributed by atoms with Gasteiger partial charge in [-0.2, -0.15) is 5.10 Å². The van der Waals surface area contributed by atoms with E-state index in [1.165, 1.54) is 25.7 Å². The minimum atomic E-state index is -0.141. The van der Waals surface area contributed by atoms with Crippen LogP contribution in [0.3, 0.4) is 0 Å². The van der Waals surface area contributed by atoms with Crippen LogP contribution >= 0.6 is 0 Å². The number of nitrogens with two attached hydrogens (primary N) is 1. The first kappa shape index (κ1) is 15.5. The van der Waals surface area contributed by atoms with Crippen molar-refractivity contribution in [2.24, 2.45) is 5.84 Å². The maximum Gasteiger partial charge on any atom is 0.0644 e. The Morgan fingerprint density at radius 1 is 1.45 bits per heavy atom. The smallest absolute Gasteiger partial charge is 0.0644 e. The Morgan fingerprint density at radius 3 is 2.75 bits per heavy atom. The second-order valence-corrected chi connectivity index (χ2v) is 6.72. The van der Waals surface area contributed by atoms with Crippen molar-refractivity contribution in [3.05, 3.63) is 18.0 Å². The number of rotatable bonds is 6. The van der Waals surface area contributed by atoms with Crippen molar-refractivity contribution in [3.8, 4) is 0 Å². The summed E-state index contributed by atoms with van der Waals surface area (Å²) in [5.41, 5.74) is 3.77. The molecule has 1 atom stereocenters. The number of hydrogen-bond donors (Lipinski definition) is 2. The fourth-order valence-electron chi connectivity index (χ4n) is 2.63. The average Bonchev–Trinajstić information content (AvgIpc) is 3.03. The summed E-state index contributed by atoms with van der Waals surface area (Å²) in [6, 6.07) is 2.79. The van der Waals surface area contributed by atoms with Crippen molar-refractivity contribution in [2.75, 3.05) is 6.61 Å². The summed E-state index contributed by atoms with van der Waals surface area (Å²) in [6.45, 7) is 6.75. The van der Waals surface area contributed by atoms with Gasteiger partial charge in [-0.05, 0) is 39.7 Å². The summed E-state index contributed by atoms with van der Waals surface area (Å²) in [4.78, 5) is 0. The Morgan fingerprint density at radius 2 is 2.15 bits per heavy atom. The molecule has 1 aliphatic carbocycles. The first-order valence-corrected chi connectivity index (χ1v) is 7.62. The van der Waals surface area contributed by atoms with Gasteiger partial charge in [0.1, 0.15) is 0 Å². The van der Waals surface area contributed by atoms with Crippen LogP contribution in [0.1, 0.15) is 58.2 Å². The minimum absolute atomic E-state index is 0.0983. The molecule has 1 saturated carbocycles. The number of aromatic nitrogens is 2. The summed E-state index contributed by atoms with van der Waals surface area (Å²) in [7, 11) is 0. The van der Waals surface area contributed by atoms with E-state index in [9.17, 15) is 0 Å². The van der Waals surface area contributed by atoms with Crippen molar-refractivity contribution in [3.63, 3.8) is 0 Å². The molecule has 1 fully saturated rings. The van der Waals surface area contributed by atoms with Gasteiger partial charge < -0.3 is 4.74 Å². The lowest BCUT2D eigenvalue weighted by Crippen LogP contribution is -2.42. The van der Waals surface area contributed by atoms with E-state index in [0.29, 0.717) is 12.6 Å². The van der Waals surface area contributed by atoms with E-state index in [2.05, 4.69) is 48.2 Å². The van der Waals surface area contributed by atoms with Crippen molar-refractivity contribution >= 4 is 0 Å². The zero-order valence-corrected chi connectivity index (χ0v) is 12.9. The molecule has 1 unspecified atom stereocenters. The molecule has 3 N–H and O–H groups in total. The number of nitrogens with zero attached hydrogens (tertiary/aromatic N) is 2. The number of ether oxygens (including phenoxy) is 1. The maximum absolute atomic E-state index is 5.78. The minimum Gasteiger partial charge on any atom is -0.374 e. The predicted octanol–water partition coefficient (Wildman–Crippen LogP) is 2.19. The molecule has 0 bridgehead atoms. The topological polar surface area (TPSA) is 65.1 Å². The highest BCUT2D eigenvalue weighted by molar-refractivity contribution is 5.02. The molecule has 0 aromatic carbocycles. The summed E-state index contributed by atoms with van der Waals surface area (Å²) in [6.07, 6.45) is 8.06. The zero-order chi connectivity index (χ0) is 14.6. The molecular weight excluding hydrogens is 252 g/mol. The number of hydrogen-bond acceptors (Lipinski definition) is 4. The van der Waals surface area contributed by atoms with E-state index in [-0.39, 0.29) is 11.6 Å². The fraction of sp³-hybridized carbons (Fsp3) is 0.800. The van der Waals surface area contributed by atoms with E-state index in [4.69, 9.17) is 10.6 Å². The molecule has 5 heteroatoms. The molecule has 1 aromatic heterocycles. The summed E-state index contributed by atoms with van der Waals surface area (Å²) in [5, 5.41) is 4.69. The molecule has 2 rings (SSSR count). The normalized spacial score (nSPS) is 18.6. The van der Waals surface area contributed by atoms with Crippen LogP contribution in [-0.2, 0) is 11.2 Å². The number of nitrogens with one attached hydrogen (secondary N) is 1. The lowest BCUT2D eigenvalue weighted by atomic mass is 10.1. The molecule has 1 aliphatic rings. The predicted molar refractivity (Wildman–Crippen MR) is 80.3 cm³/mol. The average molecular weight is 280 g/mol. The van der Waals surface area contributed by atoms with Gasteiger partial charge in [-0.1, -0.05) is 12.8 Å². The van der Waals surface area contributed by atoms with Crippen molar-refractivity contribution in [2.45, 2.75) is 70.6 Å². The third-order valence-corrected chi connectivity index (χ3v) is 3.77. The van der Waals surface area contributed by atoms with Gasteiger partial charge in [-0.25, -0.2) is 0 Å². The van der Waals surface area contributed by atoms with E-state index in [1.54, 1.807) is 0 Å². The molecule has 0 saturated heterocycles. The molecular formula is C15H28N4O. The van der Waals surface area contributed by atoms with Crippen molar-refractivity contribution < 1.29 is 4.74 Å². The standard InChI is InChI=1S/C15H28N4O/c1-15(2,3)20-11-13(17-16)10-12-8-9-19(18-12)14-6-4-5-7-14/h8-9,13-14,17H,4-7,10-11,16H2,1-3H3. The van der Waals surface area contributed by atoms with Crippen LogP contribution < -0.4 is 11.3 Å². The van der Waals surface area contributed by atoms with Gasteiger partial charge in [0.25, 0.3) is 0 Å². The first-order chi connectivity index (χ1) is 9.48. The van der Waals surface area contributed by atoms with Gasteiger partial charge in [0.2, 0.25) is 0 Å². The van der Waals surface area contributed by atoms with Crippen LogP contribution in [-0.4, -0.2) is 28.0 Å². The van der Waals surface area contributed by atoms with E-state index >= 15 is 0 Å². The van der Waals surface area contributed by atoms with Crippen LogP contribution in [0.25, 0.3) is 0 Å². The molecule has 1 heterocycles. The SMILES string of the molecule is CC(C)(C)OCC(Cc1ccn(C2CCCC2)n1)NN. The summed E-state index contributed by atoms with van der Waals surface area (Å²) < 4.78 is 7.91. The van der Waals surface area contributed by atoms with Crippen LogP contribution in [0.5, 0.6) is 0 Å². The Labute approximate surface area is 121 Å². The third-order valence-electron chi connectivity index (χ3n) is 3.77. The highest BCUT2D eigenvalue weighted by Crippen LogP contribution is 2.28. The highest BCUT2D eigenvalue weighted by atomic mass is 16.5. The Kier molecular flexibility index (Phi) is 5.18. The van der Waals surface area contributed by atoms with Crippen molar-refractivity contribution in [1.29, 1.82) is 0 Å². The van der Waals surface area contributed by atoms with E-state index in [0.717, 1.165) is 12.1 Å². The molecule has 0 spiro atoms. The fourth-order valence-corrected chi connectivity index (χ4v) is 2.63.